The van der Waals surface area contributed by atoms with Gasteiger partial charge in [-0.1, -0.05) is 30.0 Å². The maximum absolute atomic E-state index is 12.3. The highest BCUT2D eigenvalue weighted by atomic mass is 32.2. The number of benzene rings is 1. The SMILES string of the molecule is CC(NC(=O)CSc1n[nH]c(-c2cccs2)n1)c1ccc2c(c1)CC(=O)N2. The number of carbonyl (C=O) groups excluding carboxylic acids is 2. The first-order valence-corrected chi connectivity index (χ1v) is 10.3. The van der Waals surface area contributed by atoms with E-state index in [1.54, 1.807) is 11.3 Å². The Morgan fingerprint density at radius 2 is 2.30 bits per heavy atom. The van der Waals surface area contributed by atoms with Gasteiger partial charge in [-0.2, -0.15) is 0 Å². The lowest BCUT2D eigenvalue weighted by atomic mass is 10.0. The zero-order valence-corrected chi connectivity index (χ0v) is 16.1. The summed E-state index contributed by atoms with van der Waals surface area (Å²) >= 11 is 2.87. The van der Waals surface area contributed by atoms with Crippen molar-refractivity contribution in [1.82, 2.24) is 20.5 Å². The molecule has 0 aliphatic carbocycles. The van der Waals surface area contributed by atoms with E-state index in [0.29, 0.717) is 17.4 Å². The first-order chi connectivity index (χ1) is 13.1. The van der Waals surface area contributed by atoms with Crippen LogP contribution in [0.5, 0.6) is 0 Å². The van der Waals surface area contributed by atoms with Crippen LogP contribution in [0.1, 0.15) is 24.1 Å². The summed E-state index contributed by atoms with van der Waals surface area (Å²) < 4.78 is 0. The van der Waals surface area contributed by atoms with E-state index in [0.717, 1.165) is 21.7 Å². The molecule has 9 heteroatoms. The van der Waals surface area contributed by atoms with E-state index in [-0.39, 0.29) is 23.6 Å². The second-order valence-corrected chi connectivity index (χ2v) is 8.05. The molecular weight excluding hydrogens is 382 g/mol. The molecule has 0 spiro atoms. The predicted octanol–water partition coefficient (Wildman–Crippen LogP) is 3.00. The lowest BCUT2D eigenvalue weighted by Gasteiger charge is -2.15. The van der Waals surface area contributed by atoms with Crippen LogP contribution in [0.25, 0.3) is 10.7 Å². The van der Waals surface area contributed by atoms with Crippen molar-refractivity contribution in [2.75, 3.05) is 11.1 Å². The Morgan fingerprint density at radius 3 is 3.11 bits per heavy atom. The van der Waals surface area contributed by atoms with Gasteiger partial charge < -0.3 is 10.6 Å². The number of H-pyrrole nitrogens is 1. The van der Waals surface area contributed by atoms with Crippen molar-refractivity contribution in [2.24, 2.45) is 0 Å². The molecule has 1 atom stereocenters. The summed E-state index contributed by atoms with van der Waals surface area (Å²) in [7, 11) is 0. The molecular formula is C18H17N5O2S2. The summed E-state index contributed by atoms with van der Waals surface area (Å²) in [4.78, 5) is 29.1. The topological polar surface area (TPSA) is 99.8 Å². The number of hydrogen-bond acceptors (Lipinski definition) is 6. The van der Waals surface area contributed by atoms with Gasteiger partial charge in [-0.25, -0.2) is 4.98 Å². The Labute approximate surface area is 164 Å². The predicted molar refractivity (Wildman–Crippen MR) is 106 cm³/mol. The molecule has 0 bridgehead atoms. The Morgan fingerprint density at radius 1 is 1.41 bits per heavy atom. The van der Waals surface area contributed by atoms with Gasteiger partial charge >= 0.3 is 0 Å². The van der Waals surface area contributed by atoms with Crippen LogP contribution in [0.15, 0.2) is 40.9 Å². The number of hydrogen-bond donors (Lipinski definition) is 3. The highest BCUT2D eigenvalue weighted by Gasteiger charge is 2.19. The van der Waals surface area contributed by atoms with Crippen LogP contribution in [0.3, 0.4) is 0 Å². The van der Waals surface area contributed by atoms with Crippen LogP contribution in [0, 0.1) is 0 Å². The highest BCUT2D eigenvalue weighted by Crippen LogP contribution is 2.27. The molecule has 0 fully saturated rings. The first-order valence-electron chi connectivity index (χ1n) is 8.39. The fourth-order valence-electron chi connectivity index (χ4n) is 2.85. The van der Waals surface area contributed by atoms with E-state index in [4.69, 9.17) is 0 Å². The first kappa shape index (κ1) is 17.7. The van der Waals surface area contributed by atoms with Gasteiger partial charge in [-0.15, -0.1) is 16.4 Å². The van der Waals surface area contributed by atoms with Crippen molar-refractivity contribution < 1.29 is 9.59 Å². The van der Waals surface area contributed by atoms with Gasteiger partial charge in [-0.3, -0.25) is 14.7 Å². The molecule has 138 valence electrons. The molecule has 7 nitrogen and oxygen atoms in total. The summed E-state index contributed by atoms with van der Waals surface area (Å²) in [6.07, 6.45) is 0.386. The molecule has 3 aromatic rings. The number of rotatable bonds is 6. The number of amides is 2. The van der Waals surface area contributed by atoms with Crippen molar-refractivity contribution in [1.29, 1.82) is 0 Å². The standard InChI is InChI=1S/C18H17N5O2S2/c1-10(11-4-5-13-12(7-11)8-15(24)20-13)19-16(25)9-27-18-21-17(22-23-18)14-3-2-6-26-14/h2-7,10H,8-9H2,1H3,(H,19,25)(H,20,24)(H,21,22,23). The smallest absolute Gasteiger partial charge is 0.230 e. The van der Waals surface area contributed by atoms with E-state index >= 15 is 0 Å². The van der Waals surface area contributed by atoms with E-state index in [1.165, 1.54) is 11.8 Å². The van der Waals surface area contributed by atoms with Crippen molar-refractivity contribution in [3.8, 4) is 10.7 Å². The van der Waals surface area contributed by atoms with Gasteiger partial charge in [0.1, 0.15) is 0 Å². The second kappa shape index (κ2) is 7.53. The van der Waals surface area contributed by atoms with E-state index < -0.39 is 0 Å². The van der Waals surface area contributed by atoms with Gasteiger partial charge in [0.05, 0.1) is 23.1 Å². The van der Waals surface area contributed by atoms with Crippen LogP contribution in [0.2, 0.25) is 0 Å². The van der Waals surface area contributed by atoms with Crippen LogP contribution in [-0.4, -0.2) is 32.7 Å². The minimum absolute atomic E-state index is 0.00339. The Balaban J connectivity index is 1.32. The molecule has 0 radical (unpaired) electrons. The molecule has 4 rings (SSSR count). The number of carbonyl (C=O) groups is 2. The molecule has 1 aromatic carbocycles. The van der Waals surface area contributed by atoms with Crippen molar-refractivity contribution in [3.63, 3.8) is 0 Å². The fourth-order valence-corrected chi connectivity index (χ4v) is 4.12. The summed E-state index contributed by atoms with van der Waals surface area (Å²) in [5, 5.41) is 15.3. The average Bonchev–Trinajstić information content (AvgIpc) is 3.38. The summed E-state index contributed by atoms with van der Waals surface area (Å²) in [5.41, 5.74) is 2.79. The molecule has 1 aliphatic heterocycles. The minimum Gasteiger partial charge on any atom is -0.349 e. The quantitative estimate of drug-likeness (QED) is 0.553. The van der Waals surface area contributed by atoms with Crippen molar-refractivity contribution in [3.05, 3.63) is 46.8 Å². The lowest BCUT2D eigenvalue weighted by molar-refractivity contribution is -0.119. The van der Waals surface area contributed by atoms with Gasteiger partial charge in [0, 0.05) is 5.69 Å². The maximum atomic E-state index is 12.3. The number of aromatic amines is 1. The van der Waals surface area contributed by atoms with Crippen LogP contribution in [0.4, 0.5) is 5.69 Å². The zero-order chi connectivity index (χ0) is 18.8. The van der Waals surface area contributed by atoms with Gasteiger partial charge in [-0.05, 0) is 35.6 Å². The lowest BCUT2D eigenvalue weighted by Crippen LogP contribution is -2.28. The molecule has 3 heterocycles. The van der Waals surface area contributed by atoms with Crippen LogP contribution >= 0.6 is 23.1 Å². The van der Waals surface area contributed by atoms with Gasteiger partial charge in [0.25, 0.3) is 0 Å². The molecule has 2 aromatic heterocycles. The monoisotopic (exact) mass is 399 g/mol. The average molecular weight is 400 g/mol. The Kier molecular flexibility index (Phi) is 4.95. The third-order valence-electron chi connectivity index (χ3n) is 4.18. The molecule has 2 amide bonds. The third-order valence-corrected chi connectivity index (χ3v) is 5.91. The van der Waals surface area contributed by atoms with E-state index in [1.807, 2.05) is 42.6 Å². The summed E-state index contributed by atoms with van der Waals surface area (Å²) in [6, 6.07) is 9.54. The molecule has 0 saturated carbocycles. The van der Waals surface area contributed by atoms with E-state index in [2.05, 4.69) is 25.8 Å². The van der Waals surface area contributed by atoms with E-state index in [9.17, 15) is 9.59 Å². The number of nitrogens with one attached hydrogen (secondary N) is 3. The highest BCUT2D eigenvalue weighted by molar-refractivity contribution is 7.99. The number of fused-ring (bicyclic) bond motifs is 1. The summed E-state index contributed by atoms with van der Waals surface area (Å²) in [5.74, 6) is 0.854. The van der Waals surface area contributed by atoms with Crippen LogP contribution < -0.4 is 10.6 Å². The largest absolute Gasteiger partial charge is 0.349 e. The van der Waals surface area contributed by atoms with Crippen molar-refractivity contribution >= 4 is 40.6 Å². The maximum Gasteiger partial charge on any atom is 0.230 e. The molecule has 1 unspecified atom stereocenters. The number of thiophene rings is 1. The molecule has 27 heavy (non-hydrogen) atoms. The van der Waals surface area contributed by atoms with Gasteiger partial charge in [0.15, 0.2) is 5.82 Å². The third kappa shape index (κ3) is 4.04. The number of anilines is 1. The Bertz CT molecular complexity index is 984. The molecule has 3 N–H and O–H groups in total. The van der Waals surface area contributed by atoms with Crippen LogP contribution in [-0.2, 0) is 16.0 Å². The molecule has 0 saturated heterocycles. The fraction of sp³-hybridized carbons (Fsp3) is 0.222. The normalized spacial score (nSPS) is 13.9. The molecule has 1 aliphatic rings. The zero-order valence-electron chi connectivity index (χ0n) is 14.5. The Hall–Kier alpha value is -2.65. The minimum atomic E-state index is -0.145. The van der Waals surface area contributed by atoms with Crippen molar-refractivity contribution in [2.45, 2.75) is 24.5 Å². The number of aromatic nitrogens is 3. The number of thioether (sulfide) groups is 1. The number of nitrogens with zero attached hydrogens (tertiary/aromatic N) is 2. The van der Waals surface area contributed by atoms with Gasteiger partial charge in [0.2, 0.25) is 17.0 Å². The summed E-state index contributed by atoms with van der Waals surface area (Å²) in [6.45, 7) is 1.93. The second-order valence-electron chi connectivity index (χ2n) is 6.16.